The van der Waals surface area contributed by atoms with E-state index in [-0.39, 0.29) is 29.7 Å². The van der Waals surface area contributed by atoms with Crippen LogP contribution in [-0.4, -0.2) is 70.2 Å². The van der Waals surface area contributed by atoms with Gasteiger partial charge in [0.1, 0.15) is 0 Å². The Morgan fingerprint density at radius 3 is 1.83 bits per heavy atom. The number of imide groups is 1. The number of likely N-dealkylation sites (N-methyl/N-ethyl adjacent to an activating group) is 1. The normalized spacial score (nSPS) is 22.5. The van der Waals surface area contributed by atoms with Gasteiger partial charge in [-0.1, -0.05) is 71.1 Å². The van der Waals surface area contributed by atoms with Crippen LogP contribution in [-0.2, 0) is 14.4 Å². The number of rotatable bonds is 14. The maximum atomic E-state index is 13.3. The number of hydrogen-bond donors (Lipinski definition) is 0. The zero-order chi connectivity index (χ0) is 26.2. The molecule has 6 heteroatoms. The van der Waals surface area contributed by atoms with Gasteiger partial charge in [0.15, 0.2) is 0 Å². The zero-order valence-corrected chi connectivity index (χ0v) is 23.8. The van der Waals surface area contributed by atoms with Gasteiger partial charge in [0.05, 0.1) is 6.54 Å². The maximum absolute atomic E-state index is 13.3. The van der Waals surface area contributed by atoms with Gasteiger partial charge < -0.3 is 9.80 Å². The predicted molar refractivity (Wildman–Crippen MR) is 143 cm³/mol. The molecule has 0 N–H and O–H groups in total. The first-order valence-electron chi connectivity index (χ1n) is 14.2. The maximum Gasteiger partial charge on any atom is 0.237 e. The summed E-state index contributed by atoms with van der Waals surface area (Å²) >= 11 is 0. The Bertz CT molecular complexity index is 698. The summed E-state index contributed by atoms with van der Waals surface area (Å²) in [5, 5.41) is 0. The molecule has 6 nitrogen and oxygen atoms in total. The van der Waals surface area contributed by atoms with Crippen LogP contribution in [0.3, 0.4) is 0 Å². The van der Waals surface area contributed by atoms with E-state index in [1.165, 1.54) is 51.4 Å². The average Bonchev–Trinajstić information content (AvgIpc) is 3.00. The quantitative estimate of drug-likeness (QED) is 0.228. The molecule has 0 aromatic heterocycles. The lowest BCUT2D eigenvalue weighted by molar-refractivity contribution is -0.157. The first-order chi connectivity index (χ1) is 16.4. The average molecular weight is 492 g/mol. The topological polar surface area (TPSA) is 60.9 Å². The molecule has 2 heterocycles. The summed E-state index contributed by atoms with van der Waals surface area (Å²) in [6.45, 7) is 10.9. The van der Waals surface area contributed by atoms with Crippen molar-refractivity contribution >= 4 is 17.7 Å². The number of carbonyl (C=O) groups is 3. The van der Waals surface area contributed by atoms with Gasteiger partial charge in [-0.25, -0.2) is 0 Å². The Morgan fingerprint density at radius 2 is 1.34 bits per heavy atom. The molecule has 35 heavy (non-hydrogen) atoms. The zero-order valence-electron chi connectivity index (χ0n) is 23.8. The van der Waals surface area contributed by atoms with Crippen LogP contribution in [0.1, 0.15) is 125 Å². The van der Waals surface area contributed by atoms with Crippen LogP contribution >= 0.6 is 0 Å². The van der Waals surface area contributed by atoms with Gasteiger partial charge in [0, 0.05) is 29.5 Å². The molecule has 2 aliphatic heterocycles. The highest BCUT2D eigenvalue weighted by molar-refractivity contribution is 6.03. The van der Waals surface area contributed by atoms with Crippen LogP contribution in [0.15, 0.2) is 0 Å². The first-order valence-corrected chi connectivity index (χ1v) is 14.2. The standard InChI is InChI=1S/C29H53N3O3/c1-8-9-10-11-12-13-14-15-16-17-18-23-19-25(33)31(27(23)35)24-20-28(2,3)32(29(4,5)21-24)26(34)22-30(6)7/h23-24H,8-22H2,1-7H3. The molecular formula is C29H53N3O3. The van der Waals surface area contributed by atoms with E-state index in [0.29, 0.717) is 25.8 Å². The second kappa shape index (κ2) is 13.2. The van der Waals surface area contributed by atoms with Crippen LogP contribution in [0.4, 0.5) is 0 Å². The first kappa shape index (κ1) is 29.8. The Morgan fingerprint density at radius 1 is 0.857 bits per heavy atom. The molecule has 1 unspecified atom stereocenters. The van der Waals surface area contributed by atoms with E-state index in [1.807, 2.05) is 23.9 Å². The van der Waals surface area contributed by atoms with Crippen LogP contribution < -0.4 is 0 Å². The van der Waals surface area contributed by atoms with Crippen LogP contribution in [0.25, 0.3) is 0 Å². The van der Waals surface area contributed by atoms with Crippen LogP contribution in [0.5, 0.6) is 0 Å². The summed E-state index contributed by atoms with van der Waals surface area (Å²) in [5.74, 6) is -0.0510. The van der Waals surface area contributed by atoms with Crippen molar-refractivity contribution in [3.8, 4) is 0 Å². The summed E-state index contributed by atoms with van der Waals surface area (Å²) in [7, 11) is 3.81. The molecular weight excluding hydrogens is 438 g/mol. The van der Waals surface area contributed by atoms with Gasteiger partial charge in [-0.15, -0.1) is 0 Å². The van der Waals surface area contributed by atoms with Crippen LogP contribution in [0.2, 0.25) is 0 Å². The lowest BCUT2D eigenvalue weighted by Crippen LogP contribution is -2.67. The molecule has 2 saturated heterocycles. The number of nitrogens with zero attached hydrogens (tertiary/aromatic N) is 3. The van der Waals surface area contributed by atoms with Crippen molar-refractivity contribution in [2.45, 2.75) is 142 Å². The fourth-order valence-electron chi connectivity index (χ4n) is 6.63. The highest BCUT2D eigenvalue weighted by atomic mass is 16.2. The van der Waals surface area contributed by atoms with E-state index >= 15 is 0 Å². The summed E-state index contributed by atoms with van der Waals surface area (Å²) in [6.07, 6.45) is 15.2. The second-order valence-electron chi connectivity index (χ2n) is 12.6. The minimum Gasteiger partial charge on any atom is -0.331 e. The summed E-state index contributed by atoms with van der Waals surface area (Å²) < 4.78 is 0. The van der Waals surface area contributed by atoms with Crippen molar-refractivity contribution < 1.29 is 14.4 Å². The summed E-state index contributed by atoms with van der Waals surface area (Å²) in [6, 6.07) is -0.138. The van der Waals surface area contributed by atoms with Crippen LogP contribution in [0, 0.1) is 5.92 Å². The third-order valence-electron chi connectivity index (χ3n) is 7.93. The molecule has 0 saturated carbocycles. The van der Waals surface area contributed by atoms with Crippen molar-refractivity contribution in [1.82, 2.24) is 14.7 Å². The third kappa shape index (κ3) is 8.30. The Balaban J connectivity index is 1.85. The summed E-state index contributed by atoms with van der Waals surface area (Å²) in [4.78, 5) is 44.8. The monoisotopic (exact) mass is 491 g/mol. The van der Waals surface area contributed by atoms with E-state index in [2.05, 4.69) is 34.6 Å². The van der Waals surface area contributed by atoms with E-state index in [4.69, 9.17) is 0 Å². The largest absolute Gasteiger partial charge is 0.331 e. The Labute approximate surface area is 215 Å². The molecule has 0 bridgehead atoms. The Kier molecular flexibility index (Phi) is 11.2. The molecule has 1 atom stereocenters. The predicted octanol–water partition coefficient (Wildman–Crippen LogP) is 5.78. The lowest BCUT2D eigenvalue weighted by atomic mass is 9.76. The highest BCUT2D eigenvalue weighted by Gasteiger charge is 2.52. The second-order valence-corrected chi connectivity index (χ2v) is 12.6. The van der Waals surface area contributed by atoms with Gasteiger partial charge >= 0.3 is 0 Å². The molecule has 0 radical (unpaired) electrons. The Hall–Kier alpha value is -1.43. The van der Waals surface area contributed by atoms with Gasteiger partial charge in [-0.3, -0.25) is 19.3 Å². The third-order valence-corrected chi connectivity index (χ3v) is 7.93. The SMILES string of the molecule is CCCCCCCCCCCCC1CC(=O)N(C2CC(C)(C)N(C(=O)CN(C)C)C(C)(C)C2)C1=O. The molecule has 0 spiro atoms. The number of likely N-dealkylation sites (tertiary alicyclic amines) is 2. The molecule has 202 valence electrons. The van der Waals surface area contributed by atoms with Crippen molar-refractivity contribution in [3.63, 3.8) is 0 Å². The van der Waals surface area contributed by atoms with E-state index in [0.717, 1.165) is 19.3 Å². The van der Waals surface area contributed by atoms with Gasteiger partial charge in [0.25, 0.3) is 0 Å². The van der Waals surface area contributed by atoms with Crippen molar-refractivity contribution in [3.05, 3.63) is 0 Å². The lowest BCUT2D eigenvalue weighted by Gasteiger charge is -2.56. The number of hydrogen-bond acceptors (Lipinski definition) is 4. The molecule has 0 aromatic carbocycles. The highest BCUT2D eigenvalue weighted by Crippen LogP contribution is 2.42. The molecule has 3 amide bonds. The smallest absolute Gasteiger partial charge is 0.237 e. The number of amides is 3. The number of carbonyl (C=O) groups excluding carboxylic acids is 3. The minimum absolute atomic E-state index is 0.0169. The number of piperidine rings is 1. The van der Waals surface area contributed by atoms with E-state index in [9.17, 15) is 14.4 Å². The van der Waals surface area contributed by atoms with E-state index in [1.54, 1.807) is 4.90 Å². The minimum atomic E-state index is -0.422. The fraction of sp³-hybridized carbons (Fsp3) is 0.897. The van der Waals surface area contributed by atoms with Crippen molar-refractivity contribution in [2.75, 3.05) is 20.6 Å². The molecule has 0 aliphatic carbocycles. The van der Waals surface area contributed by atoms with Crippen molar-refractivity contribution in [2.24, 2.45) is 5.92 Å². The fourth-order valence-corrected chi connectivity index (χ4v) is 6.63. The van der Waals surface area contributed by atoms with Gasteiger partial charge in [-0.2, -0.15) is 0 Å². The van der Waals surface area contributed by atoms with Gasteiger partial charge in [-0.05, 0) is 61.1 Å². The van der Waals surface area contributed by atoms with Gasteiger partial charge in [0.2, 0.25) is 17.7 Å². The number of unbranched alkanes of at least 4 members (excludes halogenated alkanes) is 9. The molecule has 2 aliphatic rings. The van der Waals surface area contributed by atoms with E-state index < -0.39 is 11.1 Å². The summed E-state index contributed by atoms with van der Waals surface area (Å²) in [5.41, 5.74) is -0.844. The van der Waals surface area contributed by atoms with Crippen molar-refractivity contribution in [1.29, 1.82) is 0 Å². The molecule has 2 rings (SSSR count). The molecule has 2 fully saturated rings. The molecule has 0 aromatic rings.